The fourth-order valence-corrected chi connectivity index (χ4v) is 3.13. The second kappa shape index (κ2) is 9.49. The summed E-state index contributed by atoms with van der Waals surface area (Å²) < 4.78 is 10.8. The summed E-state index contributed by atoms with van der Waals surface area (Å²) in [5.74, 6) is 1.11. The molecule has 0 atom stereocenters. The van der Waals surface area contributed by atoms with Crippen LogP contribution in [-0.4, -0.2) is 83.8 Å². The molecule has 0 amide bonds. The zero-order valence-corrected chi connectivity index (χ0v) is 16.7. The van der Waals surface area contributed by atoms with Crippen LogP contribution >= 0.6 is 0 Å². The van der Waals surface area contributed by atoms with Crippen LogP contribution in [-0.2, 0) is 9.47 Å². The van der Waals surface area contributed by atoms with Gasteiger partial charge in [0.1, 0.15) is 5.75 Å². The van der Waals surface area contributed by atoms with Crippen molar-refractivity contribution in [2.45, 2.75) is 0 Å². The van der Waals surface area contributed by atoms with Crippen LogP contribution in [0.4, 0.5) is 23.5 Å². The lowest BCUT2D eigenvalue weighted by atomic mass is 10.2. The van der Waals surface area contributed by atoms with Gasteiger partial charge in [0, 0.05) is 43.9 Å². The number of benzene rings is 1. The molecule has 164 valence electrons. The Labute approximate surface area is 177 Å². The number of rotatable bonds is 6. The first kappa shape index (κ1) is 20.7. The van der Waals surface area contributed by atoms with Crippen molar-refractivity contribution in [2.75, 3.05) is 67.8 Å². The normalized spacial score (nSPS) is 17.2. The summed E-state index contributed by atoms with van der Waals surface area (Å²) in [5.41, 5.74) is 2.78. The van der Waals surface area contributed by atoms with Crippen molar-refractivity contribution in [1.29, 1.82) is 0 Å². The number of aromatic hydroxyl groups is 1. The van der Waals surface area contributed by atoms with Crippen LogP contribution < -0.4 is 15.2 Å². The fraction of sp³-hybridized carbons (Fsp3) is 0.444. The molecule has 2 aromatic rings. The molecule has 13 nitrogen and oxygen atoms in total. The molecule has 2 saturated heterocycles. The number of aromatic nitrogens is 3. The molecule has 4 rings (SSSR count). The number of phenols is 1. The number of morpholine rings is 2. The van der Waals surface area contributed by atoms with Crippen molar-refractivity contribution >= 4 is 29.7 Å². The maximum absolute atomic E-state index is 10.9. The molecule has 2 fully saturated rings. The van der Waals surface area contributed by atoms with E-state index in [-0.39, 0.29) is 22.9 Å². The molecule has 1 aromatic heterocycles. The van der Waals surface area contributed by atoms with E-state index in [1.165, 1.54) is 24.4 Å². The summed E-state index contributed by atoms with van der Waals surface area (Å²) in [5, 5.41) is 24.9. The minimum Gasteiger partial charge on any atom is -0.507 e. The third-order valence-corrected chi connectivity index (χ3v) is 4.79. The summed E-state index contributed by atoms with van der Waals surface area (Å²) in [6.07, 6.45) is 1.27. The van der Waals surface area contributed by atoms with Gasteiger partial charge in [0.05, 0.1) is 37.6 Å². The van der Waals surface area contributed by atoms with Crippen molar-refractivity contribution < 1.29 is 19.5 Å². The second-order valence-corrected chi connectivity index (χ2v) is 6.83. The van der Waals surface area contributed by atoms with Crippen LogP contribution in [0, 0.1) is 10.1 Å². The van der Waals surface area contributed by atoms with Crippen molar-refractivity contribution in [3.8, 4) is 5.75 Å². The number of nitrogens with zero attached hydrogens (tertiary/aromatic N) is 7. The summed E-state index contributed by atoms with van der Waals surface area (Å²) in [6.45, 7) is 5.01. The van der Waals surface area contributed by atoms with Gasteiger partial charge >= 0.3 is 0 Å². The Bertz CT molecular complexity index is 924. The molecule has 0 aliphatic carbocycles. The Morgan fingerprint density at radius 3 is 2.16 bits per heavy atom. The molecule has 31 heavy (non-hydrogen) atoms. The number of non-ortho nitro benzene ring substituents is 1. The lowest BCUT2D eigenvalue weighted by Crippen LogP contribution is -2.40. The van der Waals surface area contributed by atoms with Crippen LogP contribution in [0.5, 0.6) is 5.75 Å². The van der Waals surface area contributed by atoms with Crippen molar-refractivity contribution in [2.24, 2.45) is 5.10 Å². The number of nitrogens with one attached hydrogen (secondary N) is 1. The minimum atomic E-state index is -0.542. The number of hydrazone groups is 1. The molecule has 3 heterocycles. The van der Waals surface area contributed by atoms with Crippen molar-refractivity contribution in [1.82, 2.24) is 15.0 Å². The molecule has 2 N–H and O–H groups in total. The number of hydrogen-bond acceptors (Lipinski definition) is 12. The first-order chi connectivity index (χ1) is 15.1. The highest BCUT2D eigenvalue weighted by Gasteiger charge is 2.20. The van der Waals surface area contributed by atoms with E-state index in [1.807, 2.05) is 9.80 Å². The van der Waals surface area contributed by atoms with E-state index >= 15 is 0 Å². The van der Waals surface area contributed by atoms with Crippen LogP contribution in [0.3, 0.4) is 0 Å². The van der Waals surface area contributed by atoms with E-state index in [2.05, 4.69) is 25.5 Å². The second-order valence-electron chi connectivity index (χ2n) is 6.83. The van der Waals surface area contributed by atoms with Gasteiger partial charge < -0.3 is 24.4 Å². The van der Waals surface area contributed by atoms with Gasteiger partial charge in [-0.05, 0) is 6.07 Å². The first-order valence-electron chi connectivity index (χ1n) is 9.78. The lowest BCUT2D eigenvalue weighted by molar-refractivity contribution is -0.384. The number of hydrogen-bond donors (Lipinski definition) is 2. The molecule has 0 unspecified atom stereocenters. The molecule has 2 aliphatic rings. The molecular formula is C18H22N8O5. The summed E-state index contributed by atoms with van der Waals surface area (Å²) in [4.78, 5) is 27.9. The fourth-order valence-electron chi connectivity index (χ4n) is 3.13. The van der Waals surface area contributed by atoms with Gasteiger partial charge in [0.25, 0.3) is 5.69 Å². The number of anilines is 3. The minimum absolute atomic E-state index is 0.130. The Balaban J connectivity index is 1.57. The smallest absolute Gasteiger partial charge is 0.270 e. The van der Waals surface area contributed by atoms with Gasteiger partial charge in [0.15, 0.2) is 0 Å². The largest absolute Gasteiger partial charge is 0.507 e. The topological polar surface area (TPSA) is 151 Å². The maximum Gasteiger partial charge on any atom is 0.270 e. The molecule has 2 aliphatic heterocycles. The number of nitro benzene ring substituents is 1. The predicted molar refractivity (Wildman–Crippen MR) is 112 cm³/mol. The number of ether oxygens (including phenoxy) is 2. The molecule has 0 saturated carbocycles. The van der Waals surface area contributed by atoms with Crippen LogP contribution in [0.15, 0.2) is 23.3 Å². The zero-order valence-electron chi connectivity index (χ0n) is 16.7. The standard InChI is InChI=1S/C18H22N8O5/c27-15-2-1-14(26(28)29)11-13(15)12-19-23-16-20-17(24-3-7-30-8-4-24)22-18(21-16)25-5-9-31-10-6-25/h1-2,11-12,27H,3-10H2,(H,20,21,22,23). The average Bonchev–Trinajstić information content (AvgIpc) is 2.81. The van der Waals surface area contributed by atoms with Crippen LogP contribution in [0.25, 0.3) is 0 Å². The van der Waals surface area contributed by atoms with E-state index < -0.39 is 4.92 Å². The Kier molecular flexibility index (Phi) is 6.33. The van der Waals surface area contributed by atoms with Gasteiger partial charge in [-0.15, -0.1) is 0 Å². The number of phenolic OH excluding ortho intramolecular Hbond substituents is 1. The van der Waals surface area contributed by atoms with Gasteiger partial charge in [0.2, 0.25) is 17.8 Å². The zero-order chi connectivity index (χ0) is 21.6. The highest BCUT2D eigenvalue weighted by molar-refractivity contribution is 5.84. The van der Waals surface area contributed by atoms with Gasteiger partial charge in [-0.2, -0.15) is 20.1 Å². The molecule has 0 bridgehead atoms. The Morgan fingerprint density at radius 1 is 1.03 bits per heavy atom. The summed E-state index contributed by atoms with van der Waals surface area (Å²) >= 11 is 0. The SMILES string of the molecule is O=[N+]([O-])c1ccc(O)c(C=NNc2nc(N3CCOCC3)nc(N3CCOCC3)n2)c1. The van der Waals surface area contributed by atoms with E-state index in [9.17, 15) is 15.2 Å². The highest BCUT2D eigenvalue weighted by atomic mass is 16.6. The molecule has 0 radical (unpaired) electrons. The number of nitro groups is 1. The van der Waals surface area contributed by atoms with Gasteiger partial charge in [-0.1, -0.05) is 0 Å². The third-order valence-electron chi connectivity index (χ3n) is 4.79. The average molecular weight is 430 g/mol. The van der Waals surface area contributed by atoms with Crippen molar-refractivity contribution in [3.05, 3.63) is 33.9 Å². The highest BCUT2D eigenvalue weighted by Crippen LogP contribution is 2.22. The Hall–Kier alpha value is -3.58. The van der Waals surface area contributed by atoms with Crippen LogP contribution in [0.1, 0.15) is 5.56 Å². The van der Waals surface area contributed by atoms with E-state index in [0.717, 1.165) is 0 Å². The molecule has 1 aromatic carbocycles. The molecule has 0 spiro atoms. The van der Waals surface area contributed by atoms with Gasteiger partial charge in [-0.3, -0.25) is 10.1 Å². The maximum atomic E-state index is 10.9. The summed E-state index contributed by atoms with van der Waals surface area (Å²) in [6, 6.07) is 3.69. The van der Waals surface area contributed by atoms with E-state index in [4.69, 9.17) is 9.47 Å². The van der Waals surface area contributed by atoms with Crippen molar-refractivity contribution in [3.63, 3.8) is 0 Å². The summed E-state index contributed by atoms with van der Waals surface area (Å²) in [7, 11) is 0. The van der Waals surface area contributed by atoms with Gasteiger partial charge in [-0.25, -0.2) is 5.43 Å². The lowest BCUT2D eigenvalue weighted by Gasteiger charge is -2.30. The molecule has 13 heteroatoms. The molecular weight excluding hydrogens is 408 g/mol. The Morgan fingerprint density at radius 2 is 1.61 bits per heavy atom. The van der Waals surface area contributed by atoms with E-state index in [1.54, 1.807) is 0 Å². The van der Waals surface area contributed by atoms with Crippen LogP contribution in [0.2, 0.25) is 0 Å². The third kappa shape index (κ3) is 5.13. The quantitative estimate of drug-likeness (QED) is 0.376. The van der Waals surface area contributed by atoms with E-state index in [0.29, 0.717) is 64.5 Å². The monoisotopic (exact) mass is 430 g/mol. The predicted octanol–water partition coefficient (Wildman–Crippen LogP) is 0.605. The first-order valence-corrected chi connectivity index (χ1v) is 9.78.